The van der Waals surface area contributed by atoms with Gasteiger partial charge in [0.15, 0.2) is 0 Å². The molecule has 0 saturated heterocycles. The lowest BCUT2D eigenvalue weighted by Crippen LogP contribution is -2.22. The molecule has 0 fully saturated rings. The van der Waals surface area contributed by atoms with E-state index in [1.165, 1.54) is 0 Å². The number of hydrogen-bond acceptors (Lipinski definition) is 4. The van der Waals surface area contributed by atoms with Crippen molar-refractivity contribution in [3.05, 3.63) is 42.0 Å². The molecule has 1 N–H and O–H groups in total. The van der Waals surface area contributed by atoms with Gasteiger partial charge >= 0.3 is 0 Å². The van der Waals surface area contributed by atoms with Crippen LogP contribution in [0.1, 0.15) is 24.4 Å². The lowest BCUT2D eigenvalue weighted by molar-refractivity contribution is 0.387. The highest BCUT2D eigenvalue weighted by Gasteiger charge is 2.21. The number of ether oxygens (including phenoxy) is 2. The molecule has 0 bridgehead atoms. The molecule has 0 spiro atoms. The Morgan fingerprint density at radius 1 is 1.30 bits per heavy atom. The van der Waals surface area contributed by atoms with Gasteiger partial charge in [0.2, 0.25) is 0 Å². The van der Waals surface area contributed by atoms with Crippen molar-refractivity contribution in [2.45, 2.75) is 19.5 Å². The highest BCUT2D eigenvalue weighted by molar-refractivity contribution is 5.44. The summed E-state index contributed by atoms with van der Waals surface area (Å²) in [4.78, 5) is 4.47. The molecule has 2 aromatic rings. The lowest BCUT2D eigenvalue weighted by atomic mass is 10.0. The van der Waals surface area contributed by atoms with E-state index in [2.05, 4.69) is 21.8 Å². The third-order valence-corrected chi connectivity index (χ3v) is 3.39. The fourth-order valence-electron chi connectivity index (χ4n) is 2.33. The molecular formula is C15H21N3O2. The Morgan fingerprint density at radius 2 is 2.10 bits per heavy atom. The highest BCUT2D eigenvalue weighted by atomic mass is 16.5. The van der Waals surface area contributed by atoms with Gasteiger partial charge in [-0.1, -0.05) is 0 Å². The van der Waals surface area contributed by atoms with Crippen molar-refractivity contribution in [2.75, 3.05) is 21.3 Å². The molecule has 1 aromatic carbocycles. The molecule has 20 heavy (non-hydrogen) atoms. The van der Waals surface area contributed by atoms with Crippen molar-refractivity contribution >= 4 is 0 Å². The molecule has 0 aliphatic rings. The number of methoxy groups -OCH3 is 2. The minimum Gasteiger partial charge on any atom is -0.497 e. The van der Waals surface area contributed by atoms with E-state index in [1.54, 1.807) is 14.2 Å². The van der Waals surface area contributed by atoms with Crippen LogP contribution in [0.2, 0.25) is 0 Å². The molecule has 1 aromatic heterocycles. The summed E-state index contributed by atoms with van der Waals surface area (Å²) in [5.41, 5.74) is 1.04. The van der Waals surface area contributed by atoms with Gasteiger partial charge in [0, 0.05) is 30.6 Å². The number of imidazole rings is 1. The monoisotopic (exact) mass is 275 g/mol. The average Bonchev–Trinajstić information content (AvgIpc) is 2.96. The van der Waals surface area contributed by atoms with Crippen LogP contribution in [0, 0.1) is 0 Å². The first-order valence-electron chi connectivity index (χ1n) is 6.65. The van der Waals surface area contributed by atoms with E-state index < -0.39 is 0 Å². The van der Waals surface area contributed by atoms with Crippen LogP contribution in [0.25, 0.3) is 0 Å². The summed E-state index contributed by atoms with van der Waals surface area (Å²) in [5, 5.41) is 3.30. The van der Waals surface area contributed by atoms with Crippen molar-refractivity contribution < 1.29 is 9.47 Å². The first-order valence-corrected chi connectivity index (χ1v) is 6.65. The summed E-state index contributed by atoms with van der Waals surface area (Å²) in [6, 6.07) is 5.80. The first kappa shape index (κ1) is 14.4. The number of nitrogens with one attached hydrogen (secondary N) is 1. The second-order valence-corrected chi connectivity index (χ2v) is 4.40. The largest absolute Gasteiger partial charge is 0.497 e. The maximum Gasteiger partial charge on any atom is 0.130 e. The second-order valence-electron chi connectivity index (χ2n) is 4.40. The second kappa shape index (κ2) is 6.43. The first-order chi connectivity index (χ1) is 9.74. The number of aromatic nitrogens is 2. The Morgan fingerprint density at radius 3 is 2.70 bits per heavy atom. The predicted molar refractivity (Wildman–Crippen MR) is 78.3 cm³/mol. The van der Waals surface area contributed by atoms with E-state index in [0.29, 0.717) is 0 Å². The van der Waals surface area contributed by atoms with Crippen LogP contribution in [-0.4, -0.2) is 30.8 Å². The summed E-state index contributed by atoms with van der Waals surface area (Å²) in [6.07, 6.45) is 3.80. The van der Waals surface area contributed by atoms with Gasteiger partial charge in [0.05, 0.1) is 20.3 Å². The molecule has 1 unspecified atom stereocenters. The molecule has 1 heterocycles. The lowest BCUT2D eigenvalue weighted by Gasteiger charge is -2.20. The van der Waals surface area contributed by atoms with Gasteiger partial charge in [-0.15, -0.1) is 0 Å². The number of hydrogen-bond donors (Lipinski definition) is 1. The van der Waals surface area contributed by atoms with Crippen molar-refractivity contribution in [3.8, 4) is 11.5 Å². The van der Waals surface area contributed by atoms with Gasteiger partial charge in [-0.2, -0.15) is 0 Å². The van der Waals surface area contributed by atoms with E-state index in [-0.39, 0.29) is 6.04 Å². The Bertz CT molecular complexity index is 566. The van der Waals surface area contributed by atoms with Crippen LogP contribution in [0.15, 0.2) is 30.6 Å². The summed E-state index contributed by atoms with van der Waals surface area (Å²) >= 11 is 0. The molecular weight excluding hydrogens is 254 g/mol. The van der Waals surface area contributed by atoms with Gasteiger partial charge in [-0.05, 0) is 26.1 Å². The molecule has 0 aliphatic heterocycles. The summed E-state index contributed by atoms with van der Waals surface area (Å²) in [5.74, 6) is 2.53. The highest BCUT2D eigenvalue weighted by Crippen LogP contribution is 2.32. The average molecular weight is 275 g/mol. The topological polar surface area (TPSA) is 48.3 Å². The summed E-state index contributed by atoms with van der Waals surface area (Å²) < 4.78 is 12.8. The van der Waals surface area contributed by atoms with Crippen molar-refractivity contribution in [3.63, 3.8) is 0 Å². The number of aryl methyl sites for hydroxylation is 1. The third-order valence-electron chi connectivity index (χ3n) is 3.39. The quantitative estimate of drug-likeness (QED) is 0.878. The fourth-order valence-corrected chi connectivity index (χ4v) is 2.33. The molecule has 108 valence electrons. The van der Waals surface area contributed by atoms with E-state index in [0.717, 1.165) is 29.4 Å². The van der Waals surface area contributed by atoms with Crippen molar-refractivity contribution in [1.29, 1.82) is 0 Å². The standard InChI is InChI=1S/C15H21N3O2/c1-5-18-9-8-17-15(18)14(16-2)12-7-6-11(19-3)10-13(12)20-4/h6-10,14,16H,5H2,1-4H3. The van der Waals surface area contributed by atoms with Crippen LogP contribution >= 0.6 is 0 Å². The number of benzene rings is 1. The van der Waals surface area contributed by atoms with Gasteiger partial charge < -0.3 is 19.4 Å². The number of nitrogens with zero attached hydrogens (tertiary/aromatic N) is 2. The van der Waals surface area contributed by atoms with Gasteiger partial charge in [0.1, 0.15) is 17.3 Å². The Labute approximate surface area is 119 Å². The van der Waals surface area contributed by atoms with Crippen LogP contribution in [0.5, 0.6) is 11.5 Å². The van der Waals surface area contributed by atoms with Gasteiger partial charge in [-0.3, -0.25) is 0 Å². The molecule has 2 rings (SSSR count). The zero-order valence-corrected chi connectivity index (χ0v) is 12.4. The van der Waals surface area contributed by atoms with Crippen molar-refractivity contribution in [1.82, 2.24) is 14.9 Å². The van der Waals surface area contributed by atoms with E-state index in [1.807, 2.05) is 37.6 Å². The van der Waals surface area contributed by atoms with Crippen molar-refractivity contribution in [2.24, 2.45) is 0 Å². The Kier molecular flexibility index (Phi) is 4.63. The Balaban J connectivity index is 2.46. The minimum absolute atomic E-state index is 0.0224. The predicted octanol–water partition coefficient (Wildman–Crippen LogP) is 2.23. The molecule has 5 nitrogen and oxygen atoms in total. The summed E-state index contributed by atoms with van der Waals surface area (Å²) in [6.45, 7) is 2.98. The zero-order valence-electron chi connectivity index (χ0n) is 12.4. The summed E-state index contributed by atoms with van der Waals surface area (Å²) in [7, 11) is 5.23. The minimum atomic E-state index is -0.0224. The fraction of sp³-hybridized carbons (Fsp3) is 0.400. The van der Waals surface area contributed by atoms with E-state index in [9.17, 15) is 0 Å². The van der Waals surface area contributed by atoms with E-state index >= 15 is 0 Å². The normalized spacial score (nSPS) is 12.2. The van der Waals surface area contributed by atoms with Crippen LogP contribution in [-0.2, 0) is 6.54 Å². The molecule has 0 saturated carbocycles. The molecule has 1 atom stereocenters. The zero-order chi connectivity index (χ0) is 14.5. The maximum atomic E-state index is 5.49. The van der Waals surface area contributed by atoms with Gasteiger partial charge in [0.25, 0.3) is 0 Å². The molecule has 5 heteroatoms. The molecule has 0 amide bonds. The SMILES string of the molecule is CCn1ccnc1C(NC)c1ccc(OC)cc1OC. The smallest absolute Gasteiger partial charge is 0.130 e. The number of rotatable bonds is 6. The maximum absolute atomic E-state index is 5.49. The van der Waals surface area contributed by atoms with E-state index in [4.69, 9.17) is 9.47 Å². The third kappa shape index (κ3) is 2.63. The Hall–Kier alpha value is -2.01. The van der Waals surface area contributed by atoms with Crippen LogP contribution in [0.4, 0.5) is 0 Å². The molecule has 0 radical (unpaired) electrons. The molecule has 0 aliphatic carbocycles. The van der Waals surface area contributed by atoms with Crippen LogP contribution < -0.4 is 14.8 Å². The van der Waals surface area contributed by atoms with Crippen LogP contribution in [0.3, 0.4) is 0 Å². The van der Waals surface area contributed by atoms with Gasteiger partial charge in [-0.25, -0.2) is 4.98 Å².